The normalized spacial score (nSPS) is 17.6. The summed E-state index contributed by atoms with van der Waals surface area (Å²) in [4.78, 5) is 18.9. The zero-order valence-corrected chi connectivity index (χ0v) is 10.6. The van der Waals surface area contributed by atoms with Crippen molar-refractivity contribution in [3.8, 4) is 0 Å². The van der Waals surface area contributed by atoms with Crippen LogP contribution in [0, 0.1) is 5.41 Å². The number of nitrogens with zero attached hydrogens (tertiary/aromatic N) is 2. The van der Waals surface area contributed by atoms with Gasteiger partial charge in [0.25, 0.3) is 0 Å². The molecule has 0 amide bonds. The number of anilines is 1. The Kier molecular flexibility index (Phi) is 3.79. The number of carboxylic acids is 1. The molecule has 98 valence electrons. The largest absolute Gasteiger partial charge is 0.477 e. The number of rotatable bonds is 5. The molecule has 5 heteroatoms. The van der Waals surface area contributed by atoms with Crippen LogP contribution >= 0.6 is 0 Å². The van der Waals surface area contributed by atoms with Crippen molar-refractivity contribution in [3.63, 3.8) is 0 Å². The molecular weight excluding hydrogens is 230 g/mol. The van der Waals surface area contributed by atoms with E-state index in [1.807, 2.05) is 0 Å². The minimum absolute atomic E-state index is 0.0319. The van der Waals surface area contributed by atoms with E-state index in [1.165, 1.54) is 37.9 Å². The van der Waals surface area contributed by atoms with E-state index >= 15 is 0 Å². The second-order valence-corrected chi connectivity index (χ2v) is 4.98. The van der Waals surface area contributed by atoms with Crippen molar-refractivity contribution >= 4 is 11.9 Å². The van der Waals surface area contributed by atoms with E-state index in [4.69, 9.17) is 5.11 Å². The molecule has 18 heavy (non-hydrogen) atoms. The van der Waals surface area contributed by atoms with Crippen molar-refractivity contribution in [2.75, 3.05) is 11.9 Å². The maximum atomic E-state index is 10.8. The molecule has 1 aliphatic rings. The van der Waals surface area contributed by atoms with Crippen LogP contribution in [-0.2, 0) is 0 Å². The highest BCUT2D eigenvalue weighted by atomic mass is 16.4. The van der Waals surface area contributed by atoms with E-state index in [2.05, 4.69) is 22.2 Å². The molecule has 0 atom stereocenters. The van der Waals surface area contributed by atoms with Gasteiger partial charge in [-0.05, 0) is 30.7 Å². The zero-order valence-electron chi connectivity index (χ0n) is 10.6. The van der Waals surface area contributed by atoms with Crippen LogP contribution in [0.25, 0.3) is 0 Å². The third-order valence-electron chi connectivity index (χ3n) is 3.91. The quantitative estimate of drug-likeness (QED) is 0.838. The average molecular weight is 249 g/mol. The smallest absolute Gasteiger partial charge is 0.354 e. The highest BCUT2D eigenvalue weighted by Gasteiger charge is 2.31. The number of hydrogen-bond donors (Lipinski definition) is 2. The molecule has 2 rings (SSSR count). The van der Waals surface area contributed by atoms with Gasteiger partial charge in [-0.3, -0.25) is 0 Å². The number of aromatic carboxylic acids is 1. The molecule has 0 saturated heterocycles. The lowest BCUT2D eigenvalue weighted by Gasteiger charge is -2.27. The molecule has 0 aromatic carbocycles. The standard InChI is InChI=1S/C13H19N3O2/c1-2-13(6-3-4-7-13)9-15-12-14-8-5-10(16-12)11(17)18/h5,8H,2-4,6-7,9H2,1H3,(H,17,18)(H,14,15,16). The van der Waals surface area contributed by atoms with Gasteiger partial charge in [0.2, 0.25) is 5.95 Å². The molecule has 1 aromatic rings. The van der Waals surface area contributed by atoms with Crippen molar-refractivity contribution < 1.29 is 9.90 Å². The number of aromatic nitrogens is 2. The molecule has 5 nitrogen and oxygen atoms in total. The van der Waals surface area contributed by atoms with Crippen LogP contribution in [0.1, 0.15) is 49.5 Å². The molecule has 1 saturated carbocycles. The lowest BCUT2D eigenvalue weighted by atomic mass is 9.83. The highest BCUT2D eigenvalue weighted by Crippen LogP contribution is 2.40. The maximum Gasteiger partial charge on any atom is 0.354 e. The van der Waals surface area contributed by atoms with Gasteiger partial charge in [-0.2, -0.15) is 0 Å². The van der Waals surface area contributed by atoms with Crippen LogP contribution < -0.4 is 5.32 Å². The van der Waals surface area contributed by atoms with Gasteiger partial charge in [-0.1, -0.05) is 19.8 Å². The van der Waals surface area contributed by atoms with E-state index in [9.17, 15) is 4.79 Å². The summed E-state index contributed by atoms with van der Waals surface area (Å²) in [6.07, 6.45) is 7.64. The number of hydrogen-bond acceptors (Lipinski definition) is 4. The van der Waals surface area contributed by atoms with Crippen LogP contribution in [0.2, 0.25) is 0 Å². The highest BCUT2D eigenvalue weighted by molar-refractivity contribution is 5.85. The van der Waals surface area contributed by atoms with Crippen molar-refractivity contribution in [2.45, 2.75) is 39.0 Å². The van der Waals surface area contributed by atoms with E-state index in [1.54, 1.807) is 0 Å². The minimum atomic E-state index is -1.02. The summed E-state index contributed by atoms with van der Waals surface area (Å²) in [5.74, 6) is -0.610. The predicted octanol–water partition coefficient (Wildman–Crippen LogP) is 2.56. The van der Waals surface area contributed by atoms with Crippen molar-refractivity contribution in [3.05, 3.63) is 18.0 Å². The van der Waals surface area contributed by atoms with E-state index in [0.29, 0.717) is 11.4 Å². The number of carboxylic acid groups (broad SMARTS) is 1. The summed E-state index contributed by atoms with van der Waals surface area (Å²) in [5, 5.41) is 12.1. The SMILES string of the molecule is CCC1(CNc2nccc(C(=O)O)n2)CCCC1. The lowest BCUT2D eigenvalue weighted by molar-refractivity contribution is 0.0690. The molecule has 0 unspecified atom stereocenters. The fourth-order valence-corrected chi connectivity index (χ4v) is 2.61. The Balaban J connectivity index is 2.01. The topological polar surface area (TPSA) is 75.1 Å². The third-order valence-corrected chi connectivity index (χ3v) is 3.91. The van der Waals surface area contributed by atoms with Crippen LogP contribution in [0.5, 0.6) is 0 Å². The molecule has 1 fully saturated rings. The first kappa shape index (κ1) is 12.8. The first-order valence-corrected chi connectivity index (χ1v) is 6.45. The Morgan fingerprint density at radius 2 is 2.22 bits per heavy atom. The monoisotopic (exact) mass is 249 g/mol. The Hall–Kier alpha value is -1.65. The molecule has 1 heterocycles. The minimum Gasteiger partial charge on any atom is -0.477 e. The summed E-state index contributed by atoms with van der Waals surface area (Å²) >= 11 is 0. The molecule has 0 bridgehead atoms. The molecule has 1 aliphatic carbocycles. The fourth-order valence-electron chi connectivity index (χ4n) is 2.61. The Bertz CT molecular complexity index is 428. The molecule has 1 aromatic heterocycles. The Morgan fingerprint density at radius 1 is 1.50 bits per heavy atom. The van der Waals surface area contributed by atoms with Gasteiger partial charge in [0, 0.05) is 12.7 Å². The van der Waals surface area contributed by atoms with Crippen LogP contribution in [0.15, 0.2) is 12.3 Å². The second-order valence-electron chi connectivity index (χ2n) is 4.98. The molecular formula is C13H19N3O2. The summed E-state index contributed by atoms with van der Waals surface area (Å²) in [5.41, 5.74) is 0.368. The Labute approximate surface area is 107 Å². The summed E-state index contributed by atoms with van der Waals surface area (Å²) in [6, 6.07) is 1.40. The van der Waals surface area contributed by atoms with Crippen molar-refractivity contribution in [2.24, 2.45) is 5.41 Å². The number of carbonyl (C=O) groups is 1. The summed E-state index contributed by atoms with van der Waals surface area (Å²) in [6.45, 7) is 3.04. The van der Waals surface area contributed by atoms with Crippen LogP contribution in [0.3, 0.4) is 0 Å². The average Bonchev–Trinajstić information content (AvgIpc) is 2.86. The second kappa shape index (κ2) is 5.33. The lowest BCUT2D eigenvalue weighted by Crippen LogP contribution is -2.26. The summed E-state index contributed by atoms with van der Waals surface area (Å²) in [7, 11) is 0. The molecule has 0 radical (unpaired) electrons. The maximum absolute atomic E-state index is 10.8. The van der Waals surface area contributed by atoms with Gasteiger partial charge >= 0.3 is 5.97 Å². The number of nitrogens with one attached hydrogen (secondary N) is 1. The Morgan fingerprint density at radius 3 is 2.83 bits per heavy atom. The van der Waals surface area contributed by atoms with Gasteiger partial charge in [0.1, 0.15) is 0 Å². The van der Waals surface area contributed by atoms with E-state index in [0.717, 1.165) is 13.0 Å². The van der Waals surface area contributed by atoms with Crippen molar-refractivity contribution in [1.29, 1.82) is 0 Å². The van der Waals surface area contributed by atoms with E-state index in [-0.39, 0.29) is 5.69 Å². The van der Waals surface area contributed by atoms with Gasteiger partial charge in [-0.15, -0.1) is 0 Å². The van der Waals surface area contributed by atoms with E-state index < -0.39 is 5.97 Å². The third kappa shape index (κ3) is 2.78. The first-order chi connectivity index (χ1) is 8.65. The van der Waals surface area contributed by atoms with Gasteiger partial charge < -0.3 is 10.4 Å². The molecule has 0 aliphatic heterocycles. The molecule has 0 spiro atoms. The predicted molar refractivity (Wildman–Crippen MR) is 68.7 cm³/mol. The van der Waals surface area contributed by atoms with Crippen LogP contribution in [-0.4, -0.2) is 27.6 Å². The van der Waals surface area contributed by atoms with Gasteiger partial charge in [-0.25, -0.2) is 14.8 Å². The first-order valence-electron chi connectivity index (χ1n) is 6.45. The van der Waals surface area contributed by atoms with Crippen LogP contribution in [0.4, 0.5) is 5.95 Å². The van der Waals surface area contributed by atoms with Crippen molar-refractivity contribution in [1.82, 2.24) is 9.97 Å². The summed E-state index contributed by atoms with van der Waals surface area (Å²) < 4.78 is 0. The van der Waals surface area contributed by atoms with Gasteiger partial charge in [0.05, 0.1) is 0 Å². The molecule has 2 N–H and O–H groups in total. The van der Waals surface area contributed by atoms with Gasteiger partial charge in [0.15, 0.2) is 5.69 Å². The fraction of sp³-hybridized carbons (Fsp3) is 0.615. The zero-order chi connectivity index (χ0) is 13.0.